The molecular weight excluding hydrogens is 558 g/mol. The van der Waals surface area contributed by atoms with Gasteiger partial charge in [0.1, 0.15) is 0 Å². The minimum Gasteiger partial charge on any atom is -0.208 e. The Balaban J connectivity index is 1.14. The molecule has 1 heterocycles. The van der Waals surface area contributed by atoms with Gasteiger partial charge in [-0.25, -0.2) is 15.0 Å². The molecule has 0 radical (unpaired) electrons. The molecule has 0 unspecified atom stereocenters. The Morgan fingerprint density at radius 2 is 0.717 bits per heavy atom. The number of benzene rings is 7. The summed E-state index contributed by atoms with van der Waals surface area (Å²) < 4.78 is 0. The van der Waals surface area contributed by atoms with Crippen LogP contribution in [0, 0.1) is 0 Å². The van der Waals surface area contributed by atoms with E-state index >= 15 is 0 Å². The number of hydrogen-bond acceptors (Lipinski definition) is 3. The molecule has 7 aromatic carbocycles. The van der Waals surface area contributed by atoms with Crippen molar-refractivity contribution in [1.82, 2.24) is 15.0 Å². The smallest absolute Gasteiger partial charge is 0.164 e. The highest BCUT2D eigenvalue weighted by atomic mass is 15.0. The van der Waals surface area contributed by atoms with E-state index in [2.05, 4.69) is 127 Å². The minimum atomic E-state index is 0.649. The summed E-state index contributed by atoms with van der Waals surface area (Å²) in [6.07, 6.45) is 0. The standard InChI is InChI=1S/C43H27N3/c1-3-11-28(12-4-1)32-15-9-16-33(27-32)43-45-41(30-13-5-2-6-14-30)44-42(46-43)31-23-21-29(22-24-31)34-25-26-39-36-18-8-7-17-35(36)38-20-10-19-37(34)40(38)39/h1-27H. The predicted octanol–water partition coefficient (Wildman–Crippen LogP) is 11.0. The van der Waals surface area contributed by atoms with E-state index in [9.17, 15) is 0 Å². The first-order valence-electron chi connectivity index (χ1n) is 15.5. The van der Waals surface area contributed by atoms with Crippen LogP contribution >= 0.6 is 0 Å². The molecule has 46 heavy (non-hydrogen) atoms. The second-order valence-electron chi connectivity index (χ2n) is 11.6. The van der Waals surface area contributed by atoms with Crippen LogP contribution in [-0.2, 0) is 0 Å². The topological polar surface area (TPSA) is 38.7 Å². The molecule has 8 aromatic rings. The van der Waals surface area contributed by atoms with Crippen LogP contribution in [0.5, 0.6) is 0 Å². The molecule has 1 aliphatic rings. The maximum atomic E-state index is 5.02. The van der Waals surface area contributed by atoms with Gasteiger partial charge >= 0.3 is 0 Å². The predicted molar refractivity (Wildman–Crippen MR) is 189 cm³/mol. The van der Waals surface area contributed by atoms with Gasteiger partial charge in [-0.1, -0.05) is 158 Å². The zero-order valence-electron chi connectivity index (χ0n) is 24.9. The fourth-order valence-corrected chi connectivity index (χ4v) is 6.68. The fraction of sp³-hybridized carbons (Fsp3) is 0. The van der Waals surface area contributed by atoms with Gasteiger partial charge in [-0.3, -0.25) is 0 Å². The van der Waals surface area contributed by atoms with Crippen LogP contribution in [0.2, 0.25) is 0 Å². The molecule has 0 saturated heterocycles. The molecule has 0 saturated carbocycles. The van der Waals surface area contributed by atoms with E-state index in [4.69, 9.17) is 15.0 Å². The summed E-state index contributed by atoms with van der Waals surface area (Å²) >= 11 is 0. The Morgan fingerprint density at radius 3 is 1.41 bits per heavy atom. The lowest BCUT2D eigenvalue weighted by molar-refractivity contribution is 1.07. The Bertz CT molecular complexity index is 2370. The van der Waals surface area contributed by atoms with Crippen molar-refractivity contribution in [2.24, 2.45) is 0 Å². The molecule has 0 fully saturated rings. The van der Waals surface area contributed by atoms with Crippen LogP contribution in [0.15, 0.2) is 164 Å². The van der Waals surface area contributed by atoms with Crippen LogP contribution in [0.4, 0.5) is 0 Å². The maximum Gasteiger partial charge on any atom is 0.164 e. The summed E-state index contributed by atoms with van der Waals surface area (Å²) in [4.78, 5) is 14.9. The first-order valence-corrected chi connectivity index (χ1v) is 15.5. The molecule has 3 heteroatoms. The van der Waals surface area contributed by atoms with Crippen molar-refractivity contribution >= 4 is 10.8 Å². The molecule has 0 spiro atoms. The second-order valence-corrected chi connectivity index (χ2v) is 11.6. The lowest BCUT2D eigenvalue weighted by atomic mass is 9.94. The Labute approximate surface area is 267 Å². The summed E-state index contributed by atoms with van der Waals surface area (Å²) in [5.74, 6) is 1.95. The van der Waals surface area contributed by atoms with Crippen LogP contribution in [0.25, 0.3) is 89.4 Å². The molecule has 0 atom stereocenters. The van der Waals surface area contributed by atoms with Crippen molar-refractivity contribution in [2.45, 2.75) is 0 Å². The number of hydrogen-bond donors (Lipinski definition) is 0. The van der Waals surface area contributed by atoms with E-state index in [1.54, 1.807) is 0 Å². The molecule has 1 aliphatic carbocycles. The molecule has 214 valence electrons. The number of nitrogens with zero attached hydrogens (tertiary/aromatic N) is 3. The monoisotopic (exact) mass is 585 g/mol. The molecule has 0 N–H and O–H groups in total. The minimum absolute atomic E-state index is 0.649. The van der Waals surface area contributed by atoms with Gasteiger partial charge in [0.2, 0.25) is 0 Å². The van der Waals surface area contributed by atoms with E-state index < -0.39 is 0 Å². The Kier molecular flexibility index (Phi) is 6.14. The molecule has 3 nitrogen and oxygen atoms in total. The van der Waals surface area contributed by atoms with Crippen molar-refractivity contribution in [3.63, 3.8) is 0 Å². The van der Waals surface area contributed by atoms with E-state index in [0.717, 1.165) is 33.4 Å². The largest absolute Gasteiger partial charge is 0.208 e. The number of aromatic nitrogens is 3. The van der Waals surface area contributed by atoms with Crippen molar-refractivity contribution < 1.29 is 0 Å². The van der Waals surface area contributed by atoms with E-state index in [0.29, 0.717) is 17.5 Å². The third-order valence-corrected chi connectivity index (χ3v) is 8.90. The summed E-state index contributed by atoms with van der Waals surface area (Å²) in [7, 11) is 0. The van der Waals surface area contributed by atoms with Crippen molar-refractivity contribution in [3.05, 3.63) is 164 Å². The van der Waals surface area contributed by atoms with Crippen molar-refractivity contribution in [3.8, 4) is 78.7 Å². The SMILES string of the molecule is c1ccc(-c2cccc(-c3nc(-c4ccccc4)nc(-c4ccc(-c5ccc6c7c(cccc57)-c5ccccc5-6)cc4)n3)c2)cc1. The van der Waals surface area contributed by atoms with Crippen LogP contribution < -0.4 is 0 Å². The average molecular weight is 586 g/mol. The van der Waals surface area contributed by atoms with Gasteiger partial charge < -0.3 is 0 Å². The van der Waals surface area contributed by atoms with Gasteiger partial charge in [-0.2, -0.15) is 0 Å². The first-order chi connectivity index (χ1) is 22.8. The highest BCUT2D eigenvalue weighted by Gasteiger charge is 2.22. The van der Waals surface area contributed by atoms with Crippen LogP contribution in [0.3, 0.4) is 0 Å². The summed E-state index contributed by atoms with van der Waals surface area (Å²) in [5.41, 5.74) is 12.8. The lowest BCUT2D eigenvalue weighted by Crippen LogP contribution is -2.00. The van der Waals surface area contributed by atoms with Crippen LogP contribution in [-0.4, -0.2) is 15.0 Å². The fourth-order valence-electron chi connectivity index (χ4n) is 6.68. The first kappa shape index (κ1) is 26.2. The van der Waals surface area contributed by atoms with E-state index in [1.165, 1.54) is 38.6 Å². The quantitative estimate of drug-likeness (QED) is 0.202. The second kappa shape index (κ2) is 10.8. The van der Waals surface area contributed by atoms with Crippen LogP contribution in [0.1, 0.15) is 0 Å². The van der Waals surface area contributed by atoms with Gasteiger partial charge in [0, 0.05) is 16.7 Å². The van der Waals surface area contributed by atoms with Crippen molar-refractivity contribution in [2.75, 3.05) is 0 Å². The number of fused-ring (bicyclic) bond motifs is 3. The molecule has 1 aromatic heterocycles. The lowest BCUT2D eigenvalue weighted by Gasteiger charge is -2.11. The van der Waals surface area contributed by atoms with Gasteiger partial charge in [0.05, 0.1) is 0 Å². The zero-order chi connectivity index (χ0) is 30.5. The van der Waals surface area contributed by atoms with E-state index in [1.807, 2.05) is 36.4 Å². The summed E-state index contributed by atoms with van der Waals surface area (Å²) in [5, 5.41) is 2.60. The Morgan fingerprint density at radius 1 is 0.261 bits per heavy atom. The maximum absolute atomic E-state index is 5.02. The third kappa shape index (κ3) is 4.41. The normalized spacial score (nSPS) is 11.5. The highest BCUT2D eigenvalue weighted by Crippen LogP contribution is 2.49. The zero-order valence-corrected chi connectivity index (χ0v) is 24.9. The highest BCUT2D eigenvalue weighted by molar-refractivity contribution is 6.18. The molecule has 0 amide bonds. The van der Waals surface area contributed by atoms with Gasteiger partial charge in [-0.15, -0.1) is 0 Å². The van der Waals surface area contributed by atoms with E-state index in [-0.39, 0.29) is 0 Å². The van der Waals surface area contributed by atoms with Gasteiger partial charge in [0.15, 0.2) is 17.5 Å². The third-order valence-electron chi connectivity index (χ3n) is 8.90. The van der Waals surface area contributed by atoms with Gasteiger partial charge in [0.25, 0.3) is 0 Å². The van der Waals surface area contributed by atoms with Gasteiger partial charge in [-0.05, 0) is 61.3 Å². The molecule has 0 aliphatic heterocycles. The molecular formula is C43H27N3. The Hall–Kier alpha value is -6.19. The average Bonchev–Trinajstić information content (AvgIpc) is 3.47. The summed E-state index contributed by atoms with van der Waals surface area (Å²) in [6.45, 7) is 0. The number of rotatable bonds is 5. The molecule has 0 bridgehead atoms. The van der Waals surface area contributed by atoms with Crippen molar-refractivity contribution in [1.29, 1.82) is 0 Å². The molecule has 9 rings (SSSR count). The summed E-state index contributed by atoms with van der Waals surface area (Å²) in [6, 6.07) is 57.4.